The second-order valence-corrected chi connectivity index (χ2v) is 9.09. The highest BCUT2D eigenvalue weighted by Crippen LogP contribution is 2.37. The fraction of sp³-hybridized carbons (Fsp3) is 0.0800. The molecule has 1 amide bonds. The van der Waals surface area contributed by atoms with Crippen LogP contribution >= 0.6 is 24.0 Å². The van der Waals surface area contributed by atoms with Crippen LogP contribution in [0.15, 0.2) is 71.6 Å². The SMILES string of the molecule is CCn1c2ccccc2c2cc(/C=C3/SC(=S)N(c4cccc(C(=O)O)c4)C3=O)ccc21. The van der Waals surface area contributed by atoms with Gasteiger partial charge in [0.2, 0.25) is 0 Å². The zero-order valence-corrected chi connectivity index (χ0v) is 18.7. The summed E-state index contributed by atoms with van der Waals surface area (Å²) in [7, 11) is 0. The molecule has 1 saturated heterocycles. The molecule has 5 rings (SSSR count). The van der Waals surface area contributed by atoms with Crippen LogP contribution < -0.4 is 4.90 Å². The minimum Gasteiger partial charge on any atom is -0.478 e. The van der Waals surface area contributed by atoms with Crippen molar-refractivity contribution in [2.24, 2.45) is 0 Å². The van der Waals surface area contributed by atoms with Gasteiger partial charge in [0.05, 0.1) is 16.2 Å². The number of fused-ring (bicyclic) bond motifs is 3. The molecule has 0 atom stereocenters. The monoisotopic (exact) mass is 458 g/mol. The summed E-state index contributed by atoms with van der Waals surface area (Å²) >= 11 is 6.66. The summed E-state index contributed by atoms with van der Waals surface area (Å²) in [6, 6.07) is 20.7. The van der Waals surface area contributed by atoms with Gasteiger partial charge in [0.1, 0.15) is 0 Å². The lowest BCUT2D eigenvalue weighted by Gasteiger charge is -2.14. The molecule has 0 aliphatic carbocycles. The maximum absolute atomic E-state index is 13.1. The van der Waals surface area contributed by atoms with Crippen LogP contribution in [0, 0.1) is 0 Å². The molecule has 7 heteroatoms. The topological polar surface area (TPSA) is 62.5 Å². The second-order valence-electron chi connectivity index (χ2n) is 7.41. The van der Waals surface area contributed by atoms with E-state index in [1.165, 1.54) is 39.7 Å². The Morgan fingerprint density at radius 1 is 1.03 bits per heavy atom. The van der Waals surface area contributed by atoms with E-state index in [2.05, 4.69) is 35.8 Å². The van der Waals surface area contributed by atoms with E-state index < -0.39 is 5.97 Å². The number of carbonyl (C=O) groups excluding carboxylic acids is 1. The van der Waals surface area contributed by atoms with Crippen LogP contribution in [0.25, 0.3) is 27.9 Å². The van der Waals surface area contributed by atoms with Crippen LogP contribution in [-0.2, 0) is 11.3 Å². The van der Waals surface area contributed by atoms with Gasteiger partial charge in [-0.1, -0.05) is 54.3 Å². The number of carbonyl (C=O) groups is 2. The first-order chi connectivity index (χ1) is 15.5. The molecule has 1 fully saturated rings. The number of anilines is 1. The molecule has 2 heterocycles. The Balaban J connectivity index is 1.55. The predicted octanol–water partition coefficient (Wildman–Crippen LogP) is 5.92. The molecule has 1 N–H and O–H groups in total. The van der Waals surface area contributed by atoms with Gasteiger partial charge in [-0.2, -0.15) is 0 Å². The molecule has 4 aromatic rings. The highest BCUT2D eigenvalue weighted by Gasteiger charge is 2.33. The van der Waals surface area contributed by atoms with E-state index in [-0.39, 0.29) is 11.5 Å². The molecule has 0 unspecified atom stereocenters. The van der Waals surface area contributed by atoms with Crippen molar-refractivity contribution in [1.29, 1.82) is 0 Å². The van der Waals surface area contributed by atoms with Gasteiger partial charge in [0.15, 0.2) is 4.32 Å². The largest absolute Gasteiger partial charge is 0.478 e. The molecule has 32 heavy (non-hydrogen) atoms. The summed E-state index contributed by atoms with van der Waals surface area (Å²) in [5, 5.41) is 11.6. The summed E-state index contributed by atoms with van der Waals surface area (Å²) in [5.41, 5.74) is 3.82. The quantitative estimate of drug-likeness (QED) is 0.304. The van der Waals surface area contributed by atoms with Crippen molar-refractivity contribution in [1.82, 2.24) is 4.57 Å². The third-order valence-electron chi connectivity index (χ3n) is 5.56. The van der Waals surface area contributed by atoms with Crippen molar-refractivity contribution in [3.05, 3.63) is 82.8 Å². The third kappa shape index (κ3) is 3.30. The summed E-state index contributed by atoms with van der Waals surface area (Å²) < 4.78 is 2.66. The van der Waals surface area contributed by atoms with E-state index in [0.717, 1.165) is 23.0 Å². The molecule has 1 aliphatic heterocycles. The highest BCUT2D eigenvalue weighted by atomic mass is 32.2. The van der Waals surface area contributed by atoms with Gasteiger partial charge in [0, 0.05) is 28.4 Å². The number of thioether (sulfide) groups is 1. The molecule has 0 radical (unpaired) electrons. The first kappa shape index (κ1) is 20.5. The number of aryl methyl sites for hydroxylation is 1. The van der Waals surface area contributed by atoms with Gasteiger partial charge in [-0.15, -0.1) is 0 Å². The fourth-order valence-electron chi connectivity index (χ4n) is 4.12. The van der Waals surface area contributed by atoms with Crippen LogP contribution in [0.3, 0.4) is 0 Å². The van der Waals surface area contributed by atoms with Crippen molar-refractivity contribution in [2.45, 2.75) is 13.5 Å². The number of rotatable bonds is 4. The Morgan fingerprint density at radius 2 is 1.81 bits per heavy atom. The summed E-state index contributed by atoms with van der Waals surface area (Å²) in [5.74, 6) is -1.30. The van der Waals surface area contributed by atoms with E-state index >= 15 is 0 Å². The zero-order chi connectivity index (χ0) is 22.4. The van der Waals surface area contributed by atoms with E-state index in [9.17, 15) is 14.7 Å². The maximum Gasteiger partial charge on any atom is 0.335 e. The minimum atomic E-state index is -1.05. The van der Waals surface area contributed by atoms with Crippen molar-refractivity contribution < 1.29 is 14.7 Å². The van der Waals surface area contributed by atoms with Gasteiger partial charge in [-0.3, -0.25) is 9.69 Å². The lowest BCUT2D eigenvalue weighted by Crippen LogP contribution is -2.27. The third-order valence-corrected chi connectivity index (χ3v) is 6.86. The van der Waals surface area contributed by atoms with Crippen LogP contribution in [0.1, 0.15) is 22.8 Å². The number of benzene rings is 3. The van der Waals surface area contributed by atoms with Gasteiger partial charge in [0.25, 0.3) is 5.91 Å². The Kier molecular flexibility index (Phi) is 5.07. The molecule has 5 nitrogen and oxygen atoms in total. The normalized spacial score (nSPS) is 15.4. The number of aromatic nitrogens is 1. The van der Waals surface area contributed by atoms with E-state index in [1.807, 2.05) is 24.3 Å². The number of nitrogens with zero attached hydrogens (tertiary/aromatic N) is 2. The molecule has 0 saturated carbocycles. The number of carboxylic acid groups (broad SMARTS) is 1. The first-order valence-electron chi connectivity index (χ1n) is 10.1. The molecule has 1 aliphatic rings. The van der Waals surface area contributed by atoms with Crippen LogP contribution in [0.5, 0.6) is 0 Å². The number of carboxylic acids is 1. The first-order valence-corrected chi connectivity index (χ1v) is 11.3. The number of amides is 1. The van der Waals surface area contributed by atoms with Crippen molar-refractivity contribution >= 4 is 73.7 Å². The lowest BCUT2D eigenvalue weighted by molar-refractivity contribution is -0.113. The van der Waals surface area contributed by atoms with Crippen LogP contribution in [0.4, 0.5) is 5.69 Å². The van der Waals surface area contributed by atoms with Crippen molar-refractivity contribution in [3.63, 3.8) is 0 Å². The highest BCUT2D eigenvalue weighted by molar-refractivity contribution is 8.27. The van der Waals surface area contributed by atoms with Gasteiger partial charge >= 0.3 is 5.97 Å². The van der Waals surface area contributed by atoms with Crippen LogP contribution in [0.2, 0.25) is 0 Å². The van der Waals surface area contributed by atoms with Crippen molar-refractivity contribution in [3.8, 4) is 0 Å². The average Bonchev–Trinajstić information content (AvgIpc) is 3.26. The van der Waals surface area contributed by atoms with Gasteiger partial charge < -0.3 is 9.67 Å². The lowest BCUT2D eigenvalue weighted by atomic mass is 10.1. The Hall–Kier alpha value is -3.42. The summed E-state index contributed by atoms with van der Waals surface area (Å²) in [4.78, 5) is 26.3. The molecule has 1 aromatic heterocycles. The van der Waals surface area contributed by atoms with E-state index in [1.54, 1.807) is 12.1 Å². The average molecular weight is 459 g/mol. The predicted molar refractivity (Wildman–Crippen MR) is 134 cm³/mol. The number of para-hydroxylation sites is 1. The Morgan fingerprint density at radius 3 is 2.59 bits per heavy atom. The number of hydrogen-bond acceptors (Lipinski definition) is 4. The number of hydrogen-bond donors (Lipinski definition) is 1. The summed E-state index contributed by atoms with van der Waals surface area (Å²) in [6.45, 7) is 3.00. The van der Waals surface area contributed by atoms with E-state index in [4.69, 9.17) is 12.2 Å². The standard InChI is InChI=1S/C25H18N2O3S2/c1-2-26-20-9-4-3-8-18(20)19-12-15(10-11-21(19)26)13-22-23(28)27(25(31)32-22)17-7-5-6-16(14-17)24(29)30/h3-14H,2H2,1H3,(H,29,30)/b22-13+. The molecule has 0 spiro atoms. The molecule has 0 bridgehead atoms. The maximum atomic E-state index is 13.1. The summed E-state index contributed by atoms with van der Waals surface area (Å²) in [6.07, 6.45) is 1.85. The smallest absolute Gasteiger partial charge is 0.335 e. The fourth-order valence-corrected chi connectivity index (χ4v) is 5.42. The second kappa shape index (κ2) is 7.93. The van der Waals surface area contributed by atoms with E-state index in [0.29, 0.717) is 14.9 Å². The molecular formula is C25H18N2O3S2. The van der Waals surface area contributed by atoms with Crippen LogP contribution in [-0.4, -0.2) is 25.9 Å². The van der Waals surface area contributed by atoms with Gasteiger partial charge in [-0.05, 0) is 55.0 Å². The Labute approximate surface area is 193 Å². The number of thiocarbonyl (C=S) groups is 1. The van der Waals surface area contributed by atoms with Gasteiger partial charge in [-0.25, -0.2) is 4.79 Å². The Bertz CT molecular complexity index is 1470. The number of aromatic carboxylic acids is 1. The molecule has 158 valence electrons. The van der Waals surface area contributed by atoms with Crippen molar-refractivity contribution in [2.75, 3.05) is 4.90 Å². The molecule has 3 aromatic carbocycles. The minimum absolute atomic E-state index is 0.110. The molecular weight excluding hydrogens is 440 g/mol. The zero-order valence-electron chi connectivity index (χ0n) is 17.1.